The maximum absolute atomic E-state index is 13.5. The summed E-state index contributed by atoms with van der Waals surface area (Å²) in [4.78, 5) is 18.8. The number of nitrogens with zero attached hydrogens (tertiary/aromatic N) is 4. The number of pyridine rings is 1. The van der Waals surface area contributed by atoms with Crippen molar-refractivity contribution in [2.75, 3.05) is 32.1 Å². The van der Waals surface area contributed by atoms with Gasteiger partial charge in [-0.25, -0.2) is 8.42 Å². The third-order valence-electron chi connectivity index (χ3n) is 8.82. The van der Waals surface area contributed by atoms with Crippen molar-refractivity contribution in [2.45, 2.75) is 75.3 Å². The summed E-state index contributed by atoms with van der Waals surface area (Å²) < 4.78 is 77.6. The minimum absolute atomic E-state index is 0.0241. The average Bonchev–Trinajstić information content (AvgIpc) is 3.47. The Labute approximate surface area is 236 Å². The molecule has 0 aromatic carbocycles. The van der Waals surface area contributed by atoms with Crippen LogP contribution in [0.5, 0.6) is 0 Å². The number of ether oxygens (including phenoxy) is 1. The molecule has 4 fully saturated rings. The van der Waals surface area contributed by atoms with E-state index >= 15 is 0 Å². The van der Waals surface area contributed by atoms with Gasteiger partial charge in [-0.2, -0.15) is 17.5 Å². The number of fused-ring (bicyclic) bond motifs is 2. The Balaban J connectivity index is 0.983. The molecule has 4 aliphatic rings. The van der Waals surface area contributed by atoms with E-state index in [1.807, 2.05) is 0 Å². The molecule has 1 amide bonds. The molecule has 0 spiro atoms. The second-order valence-electron chi connectivity index (χ2n) is 11.7. The van der Waals surface area contributed by atoms with Gasteiger partial charge < -0.3 is 14.6 Å². The Morgan fingerprint density at radius 2 is 1.78 bits per heavy atom. The maximum atomic E-state index is 13.5. The minimum atomic E-state index is -4.41. The van der Waals surface area contributed by atoms with Gasteiger partial charge in [0.25, 0.3) is 5.91 Å². The van der Waals surface area contributed by atoms with Crippen molar-refractivity contribution in [3.8, 4) is 0 Å². The number of carbonyl (C=O) groups excluding carboxylic acids is 1. The summed E-state index contributed by atoms with van der Waals surface area (Å²) in [6.45, 7) is 2.89. The average molecular weight is 598 g/mol. The molecule has 6 heterocycles. The van der Waals surface area contributed by atoms with Gasteiger partial charge in [0.1, 0.15) is 5.76 Å². The van der Waals surface area contributed by atoms with E-state index in [1.54, 1.807) is 10.4 Å². The number of amides is 1. The lowest BCUT2D eigenvalue weighted by molar-refractivity contribution is -0.137. The highest BCUT2D eigenvalue weighted by Crippen LogP contribution is 2.39. The molecule has 41 heavy (non-hydrogen) atoms. The number of aromatic nitrogens is 2. The van der Waals surface area contributed by atoms with Gasteiger partial charge in [-0.3, -0.25) is 14.7 Å². The number of rotatable bonds is 8. The zero-order valence-electron chi connectivity index (χ0n) is 22.6. The van der Waals surface area contributed by atoms with Crippen LogP contribution in [0.4, 0.5) is 13.2 Å². The van der Waals surface area contributed by atoms with Crippen molar-refractivity contribution in [1.82, 2.24) is 24.7 Å². The molecule has 2 bridgehead atoms. The Morgan fingerprint density at radius 3 is 2.37 bits per heavy atom. The van der Waals surface area contributed by atoms with Gasteiger partial charge in [-0.05, 0) is 69.7 Å². The second-order valence-corrected chi connectivity index (χ2v) is 13.7. The fourth-order valence-corrected chi connectivity index (χ4v) is 8.96. The number of likely N-dealkylation sites (tertiary alicyclic amines) is 1. The van der Waals surface area contributed by atoms with Gasteiger partial charge in [0.05, 0.1) is 36.1 Å². The van der Waals surface area contributed by atoms with E-state index in [2.05, 4.69) is 20.4 Å². The fourth-order valence-electron chi connectivity index (χ4n) is 6.56. The van der Waals surface area contributed by atoms with Gasteiger partial charge in [0.15, 0.2) is 5.69 Å². The summed E-state index contributed by atoms with van der Waals surface area (Å²) in [5, 5.41) is 6.93. The van der Waals surface area contributed by atoms with Crippen molar-refractivity contribution in [3.05, 3.63) is 47.1 Å². The number of hydrogen-bond acceptors (Lipinski definition) is 8. The first-order valence-electron chi connectivity index (χ1n) is 14.2. The molecule has 6 rings (SSSR count). The third kappa shape index (κ3) is 6.30. The van der Waals surface area contributed by atoms with E-state index in [-0.39, 0.29) is 47.3 Å². The number of halogens is 3. The summed E-state index contributed by atoms with van der Waals surface area (Å²) in [7, 11) is -3.48. The molecule has 10 nitrogen and oxygen atoms in total. The lowest BCUT2D eigenvalue weighted by Crippen LogP contribution is -2.53. The molecule has 4 aliphatic heterocycles. The molecule has 0 radical (unpaired) electrons. The summed E-state index contributed by atoms with van der Waals surface area (Å²) in [6.07, 6.45) is 0.555. The van der Waals surface area contributed by atoms with Gasteiger partial charge in [-0.1, -0.05) is 5.16 Å². The molecule has 1 unspecified atom stereocenters. The first-order valence-corrected chi connectivity index (χ1v) is 15.8. The summed E-state index contributed by atoms with van der Waals surface area (Å²) in [5.41, 5.74) is 0.0246. The molecule has 0 aliphatic carbocycles. The van der Waals surface area contributed by atoms with Crippen LogP contribution in [0, 0.1) is 5.92 Å². The smallest absolute Gasteiger partial charge is 0.380 e. The highest BCUT2D eigenvalue weighted by molar-refractivity contribution is 7.89. The van der Waals surface area contributed by atoms with E-state index in [0.29, 0.717) is 70.0 Å². The fraction of sp³-hybridized carbons (Fsp3) is 0.667. The zero-order valence-corrected chi connectivity index (χ0v) is 23.4. The van der Waals surface area contributed by atoms with Crippen molar-refractivity contribution < 1.29 is 35.6 Å². The maximum Gasteiger partial charge on any atom is 0.417 e. The predicted octanol–water partition coefficient (Wildman–Crippen LogP) is 3.17. The monoisotopic (exact) mass is 597 g/mol. The first-order chi connectivity index (χ1) is 19.5. The summed E-state index contributed by atoms with van der Waals surface area (Å²) in [5.74, 6) is 0.590. The number of piperidine rings is 2. The SMILES string of the molecule is O=C(NC1C[C@H]2CC[C@@H](C1)N2S(=O)(=O)CC1CCN(Cc2ccc(C(F)(F)F)cn2)CC1)c1cc(C2COC2)on1. The Hall–Kier alpha value is -2.55. The van der Waals surface area contributed by atoms with Crippen molar-refractivity contribution in [2.24, 2.45) is 5.92 Å². The van der Waals surface area contributed by atoms with Crippen molar-refractivity contribution in [1.29, 1.82) is 0 Å². The third-order valence-corrected chi connectivity index (χ3v) is 10.9. The molecule has 14 heteroatoms. The Kier molecular flexibility index (Phi) is 7.85. The zero-order chi connectivity index (χ0) is 28.8. The topological polar surface area (TPSA) is 118 Å². The first kappa shape index (κ1) is 28.6. The number of sulfonamides is 1. The van der Waals surface area contributed by atoms with Crippen LogP contribution in [0.2, 0.25) is 0 Å². The van der Waals surface area contributed by atoms with Crippen LogP contribution >= 0.6 is 0 Å². The van der Waals surface area contributed by atoms with Crippen LogP contribution in [-0.2, 0) is 27.5 Å². The van der Waals surface area contributed by atoms with Crippen LogP contribution in [0.15, 0.2) is 28.9 Å². The minimum Gasteiger partial charge on any atom is -0.380 e. The molecule has 3 atom stereocenters. The number of nitrogens with one attached hydrogen (secondary N) is 1. The van der Waals surface area contributed by atoms with E-state index in [4.69, 9.17) is 9.26 Å². The van der Waals surface area contributed by atoms with Crippen LogP contribution in [0.25, 0.3) is 0 Å². The molecule has 2 aromatic rings. The van der Waals surface area contributed by atoms with Crippen LogP contribution in [0.3, 0.4) is 0 Å². The van der Waals surface area contributed by atoms with Crippen LogP contribution < -0.4 is 5.32 Å². The summed E-state index contributed by atoms with van der Waals surface area (Å²) >= 11 is 0. The van der Waals surface area contributed by atoms with Crippen molar-refractivity contribution in [3.63, 3.8) is 0 Å². The number of alkyl halides is 3. The highest BCUT2D eigenvalue weighted by Gasteiger charge is 2.47. The van der Waals surface area contributed by atoms with Crippen LogP contribution in [-0.4, -0.2) is 83.9 Å². The normalized spacial score (nSPS) is 26.7. The molecule has 1 N–H and O–H groups in total. The molecule has 2 aromatic heterocycles. The number of carbonyl (C=O) groups is 1. The van der Waals surface area contributed by atoms with E-state index < -0.39 is 21.8 Å². The molecule has 4 saturated heterocycles. The molecule has 224 valence electrons. The van der Waals surface area contributed by atoms with E-state index in [1.165, 1.54) is 6.07 Å². The lowest BCUT2D eigenvalue weighted by atomic mass is 9.99. The van der Waals surface area contributed by atoms with Gasteiger partial charge in [0, 0.05) is 36.9 Å². The largest absolute Gasteiger partial charge is 0.417 e. The number of hydrogen-bond donors (Lipinski definition) is 1. The molecular formula is C27H34F3N5O5S. The quantitative estimate of drug-likeness (QED) is 0.493. The standard InChI is InChI=1S/C27H34F3N5O5S/c28-27(29,30)19-1-2-20(31-12-19)13-34-7-5-17(6-8-34)16-41(37,38)35-22-3-4-23(35)10-21(9-22)32-26(36)24-11-25(40-33-24)18-14-39-15-18/h1-2,11-12,17-18,21-23H,3-10,13-16H2,(H,32,36)/t21?,22-,23+. The highest BCUT2D eigenvalue weighted by atomic mass is 32.2. The van der Waals surface area contributed by atoms with Crippen molar-refractivity contribution >= 4 is 15.9 Å². The van der Waals surface area contributed by atoms with E-state index in [9.17, 15) is 26.4 Å². The van der Waals surface area contributed by atoms with Gasteiger partial charge in [0.2, 0.25) is 10.0 Å². The summed E-state index contributed by atoms with van der Waals surface area (Å²) in [6, 6.07) is 3.71. The van der Waals surface area contributed by atoms with Crippen LogP contribution in [0.1, 0.15) is 71.9 Å². The van der Waals surface area contributed by atoms with E-state index in [0.717, 1.165) is 25.1 Å². The molecular weight excluding hydrogens is 563 g/mol. The Morgan fingerprint density at radius 1 is 1.07 bits per heavy atom. The Bertz CT molecular complexity index is 1330. The predicted molar refractivity (Wildman–Crippen MR) is 140 cm³/mol. The molecule has 0 saturated carbocycles. The van der Waals surface area contributed by atoms with Gasteiger partial charge in [-0.15, -0.1) is 0 Å². The van der Waals surface area contributed by atoms with Gasteiger partial charge >= 0.3 is 6.18 Å². The second kappa shape index (κ2) is 11.3. The lowest BCUT2D eigenvalue weighted by Gasteiger charge is -2.39.